The molecule has 0 aliphatic heterocycles. The first kappa shape index (κ1) is 10.5. The van der Waals surface area contributed by atoms with E-state index in [9.17, 15) is 4.79 Å². The molecule has 0 aromatic carbocycles. The molecule has 0 bridgehead atoms. The van der Waals surface area contributed by atoms with Gasteiger partial charge in [-0.25, -0.2) is 9.78 Å². The van der Waals surface area contributed by atoms with E-state index in [1.165, 1.54) is 22.7 Å². The average molecular weight is 259 g/mol. The molecule has 0 saturated carbocycles. The second-order valence-corrected chi connectivity index (χ2v) is 2.58. The summed E-state index contributed by atoms with van der Waals surface area (Å²) in [4.78, 5) is 14.3. The van der Waals surface area contributed by atoms with Gasteiger partial charge in [0.05, 0.1) is 0 Å². The fourth-order valence-corrected chi connectivity index (χ4v) is 1.07. The number of nitrogens with zero attached hydrogens (tertiary/aromatic N) is 2. The first-order chi connectivity index (χ1) is 6.16. The standard InChI is InChI=1S/C8H6N2O3.BrH/c11-5-1-2-10-4-6(8(12)13)9-7(10)3-5;/h1-4,11H,(H,12,13);1H. The first-order valence-electron chi connectivity index (χ1n) is 3.58. The van der Waals surface area contributed by atoms with E-state index in [2.05, 4.69) is 4.98 Å². The summed E-state index contributed by atoms with van der Waals surface area (Å²) in [5, 5.41) is 17.7. The molecule has 0 amide bonds. The van der Waals surface area contributed by atoms with Crippen LogP contribution < -0.4 is 0 Å². The minimum atomic E-state index is -1.08. The van der Waals surface area contributed by atoms with Crippen molar-refractivity contribution < 1.29 is 15.0 Å². The summed E-state index contributed by atoms with van der Waals surface area (Å²) in [5.41, 5.74) is 0.378. The molecule has 2 aromatic rings. The van der Waals surface area contributed by atoms with Crippen LogP contribution in [0.5, 0.6) is 5.75 Å². The minimum Gasteiger partial charge on any atom is -0.508 e. The molecule has 14 heavy (non-hydrogen) atoms. The lowest BCUT2D eigenvalue weighted by Gasteiger charge is -1.91. The van der Waals surface area contributed by atoms with Crippen molar-refractivity contribution in [2.24, 2.45) is 0 Å². The number of carboxylic acids is 1. The van der Waals surface area contributed by atoms with Crippen LogP contribution in [0.2, 0.25) is 0 Å². The van der Waals surface area contributed by atoms with E-state index >= 15 is 0 Å². The van der Waals surface area contributed by atoms with Gasteiger partial charge in [-0.05, 0) is 6.07 Å². The molecular formula is C8H7BrN2O3. The van der Waals surface area contributed by atoms with E-state index in [-0.39, 0.29) is 28.4 Å². The monoisotopic (exact) mass is 258 g/mol. The highest BCUT2D eigenvalue weighted by atomic mass is 79.9. The Morgan fingerprint density at radius 1 is 1.50 bits per heavy atom. The number of halogens is 1. The third-order valence-corrected chi connectivity index (χ3v) is 1.66. The number of hydrogen-bond acceptors (Lipinski definition) is 3. The molecule has 5 nitrogen and oxygen atoms in total. The summed E-state index contributed by atoms with van der Waals surface area (Å²) in [6, 6.07) is 2.85. The Balaban J connectivity index is 0.000000980. The van der Waals surface area contributed by atoms with Crippen molar-refractivity contribution in [1.82, 2.24) is 9.38 Å². The van der Waals surface area contributed by atoms with Gasteiger partial charge in [0.25, 0.3) is 0 Å². The van der Waals surface area contributed by atoms with Gasteiger partial charge >= 0.3 is 5.97 Å². The van der Waals surface area contributed by atoms with E-state index in [1.807, 2.05) is 0 Å². The van der Waals surface area contributed by atoms with Crippen molar-refractivity contribution in [3.8, 4) is 5.75 Å². The third-order valence-electron chi connectivity index (χ3n) is 1.66. The Labute approximate surface area is 89.4 Å². The van der Waals surface area contributed by atoms with Crippen LogP contribution in [0.25, 0.3) is 5.65 Å². The molecule has 0 spiro atoms. The second-order valence-electron chi connectivity index (χ2n) is 2.58. The van der Waals surface area contributed by atoms with Crippen LogP contribution in [0.3, 0.4) is 0 Å². The van der Waals surface area contributed by atoms with Crippen molar-refractivity contribution in [1.29, 1.82) is 0 Å². The lowest BCUT2D eigenvalue weighted by molar-refractivity contribution is 0.0691. The highest BCUT2D eigenvalue weighted by Gasteiger charge is 2.07. The molecule has 2 rings (SSSR count). The Bertz CT molecular complexity index is 480. The van der Waals surface area contributed by atoms with Gasteiger partial charge in [0.1, 0.15) is 11.4 Å². The maximum absolute atomic E-state index is 10.5. The van der Waals surface area contributed by atoms with E-state index in [0.717, 1.165) is 0 Å². The Morgan fingerprint density at radius 3 is 2.86 bits per heavy atom. The predicted molar refractivity (Wildman–Crippen MR) is 54.1 cm³/mol. The summed E-state index contributed by atoms with van der Waals surface area (Å²) in [5.74, 6) is -1.02. The Hall–Kier alpha value is -1.56. The van der Waals surface area contributed by atoms with Gasteiger partial charge in [-0.1, -0.05) is 0 Å². The molecule has 0 fully saturated rings. The summed E-state index contributed by atoms with van der Waals surface area (Å²) in [6.45, 7) is 0. The second kappa shape index (κ2) is 3.67. The number of carboxylic acid groups (broad SMARTS) is 1. The number of pyridine rings is 1. The number of aromatic carboxylic acids is 1. The van der Waals surface area contributed by atoms with Crippen molar-refractivity contribution in [2.75, 3.05) is 0 Å². The molecule has 0 aliphatic rings. The van der Waals surface area contributed by atoms with E-state index in [4.69, 9.17) is 10.2 Å². The fraction of sp³-hybridized carbons (Fsp3) is 0. The molecule has 2 aromatic heterocycles. The highest BCUT2D eigenvalue weighted by Crippen LogP contribution is 2.12. The average Bonchev–Trinajstić information content (AvgIpc) is 2.46. The van der Waals surface area contributed by atoms with Gasteiger partial charge in [-0.15, -0.1) is 17.0 Å². The number of aromatic hydroxyl groups is 1. The van der Waals surface area contributed by atoms with Crippen molar-refractivity contribution in [3.63, 3.8) is 0 Å². The maximum Gasteiger partial charge on any atom is 0.356 e. The number of carbonyl (C=O) groups is 1. The number of rotatable bonds is 1. The molecule has 0 unspecified atom stereocenters. The van der Waals surface area contributed by atoms with E-state index in [0.29, 0.717) is 5.65 Å². The van der Waals surface area contributed by atoms with Crippen LogP contribution in [-0.4, -0.2) is 25.6 Å². The zero-order chi connectivity index (χ0) is 9.42. The molecule has 2 N–H and O–H groups in total. The topological polar surface area (TPSA) is 74.8 Å². The van der Waals surface area contributed by atoms with Crippen molar-refractivity contribution in [3.05, 3.63) is 30.2 Å². The number of imidazole rings is 1. The normalized spacial score (nSPS) is 9.71. The molecule has 0 saturated heterocycles. The first-order valence-corrected chi connectivity index (χ1v) is 3.58. The molecule has 2 heterocycles. The van der Waals surface area contributed by atoms with Crippen LogP contribution in [0, 0.1) is 0 Å². The number of fused-ring (bicyclic) bond motifs is 1. The molecular weight excluding hydrogens is 252 g/mol. The Morgan fingerprint density at radius 2 is 2.21 bits per heavy atom. The maximum atomic E-state index is 10.5. The largest absolute Gasteiger partial charge is 0.508 e. The van der Waals surface area contributed by atoms with Gasteiger partial charge in [0.2, 0.25) is 0 Å². The minimum absolute atomic E-state index is 0. The van der Waals surface area contributed by atoms with Crippen LogP contribution >= 0.6 is 17.0 Å². The summed E-state index contributed by atoms with van der Waals surface area (Å²) < 4.78 is 1.53. The van der Waals surface area contributed by atoms with Crippen LogP contribution in [-0.2, 0) is 0 Å². The molecule has 6 heteroatoms. The van der Waals surface area contributed by atoms with Gasteiger partial charge in [-0.3, -0.25) is 0 Å². The van der Waals surface area contributed by atoms with Gasteiger partial charge in [0, 0.05) is 18.5 Å². The molecule has 0 aliphatic carbocycles. The summed E-state index contributed by atoms with van der Waals surface area (Å²) in [6.07, 6.45) is 2.93. The van der Waals surface area contributed by atoms with Crippen molar-refractivity contribution >= 4 is 28.6 Å². The van der Waals surface area contributed by atoms with Crippen LogP contribution in [0.1, 0.15) is 10.5 Å². The lowest BCUT2D eigenvalue weighted by Crippen LogP contribution is -1.94. The van der Waals surface area contributed by atoms with Gasteiger partial charge in [0.15, 0.2) is 5.69 Å². The Kier molecular flexibility index (Phi) is 2.76. The van der Waals surface area contributed by atoms with Crippen LogP contribution in [0.15, 0.2) is 24.5 Å². The predicted octanol–water partition coefficient (Wildman–Crippen LogP) is 1.32. The summed E-state index contributed by atoms with van der Waals surface area (Å²) in [7, 11) is 0. The molecule has 0 radical (unpaired) electrons. The highest BCUT2D eigenvalue weighted by molar-refractivity contribution is 8.93. The van der Waals surface area contributed by atoms with Gasteiger partial charge in [-0.2, -0.15) is 0 Å². The van der Waals surface area contributed by atoms with E-state index in [1.54, 1.807) is 6.20 Å². The van der Waals surface area contributed by atoms with Gasteiger partial charge < -0.3 is 14.6 Å². The SMILES string of the molecule is Br.O=C(O)c1cn2ccc(O)cc2n1. The quantitative estimate of drug-likeness (QED) is 0.809. The third kappa shape index (κ3) is 1.69. The fourth-order valence-electron chi connectivity index (χ4n) is 1.07. The number of hydrogen-bond donors (Lipinski definition) is 2. The van der Waals surface area contributed by atoms with E-state index < -0.39 is 5.97 Å². The molecule has 0 atom stereocenters. The van der Waals surface area contributed by atoms with Crippen LogP contribution in [0.4, 0.5) is 0 Å². The zero-order valence-electron chi connectivity index (χ0n) is 6.91. The smallest absolute Gasteiger partial charge is 0.356 e. The summed E-state index contributed by atoms with van der Waals surface area (Å²) >= 11 is 0. The lowest BCUT2D eigenvalue weighted by atomic mass is 10.4. The van der Waals surface area contributed by atoms with Crippen molar-refractivity contribution in [2.45, 2.75) is 0 Å². The zero-order valence-corrected chi connectivity index (χ0v) is 8.63. The molecule has 74 valence electrons. The number of aromatic nitrogens is 2.